The minimum Gasteiger partial charge on any atom is -0.466 e. The molecule has 0 aliphatic carbocycles. The molecule has 1 aromatic carbocycles. The van der Waals surface area contributed by atoms with E-state index in [1.54, 1.807) is 6.92 Å². The zero-order chi connectivity index (χ0) is 22.6. The number of hydrogen-bond acceptors (Lipinski definition) is 3. The molecular weight excluding hydrogens is 384 g/mol. The number of carbonyl (C=O) groups excluding carboxylic acids is 2. The third kappa shape index (κ3) is 15.8. The summed E-state index contributed by atoms with van der Waals surface area (Å²) in [6.45, 7) is 3.79. The second kappa shape index (κ2) is 19.1. The summed E-state index contributed by atoms with van der Waals surface area (Å²) < 4.78 is 4.94. The molecule has 0 spiro atoms. The number of Topliss-reactive ketones (excluding diaryl/α,β-unsaturated/α-hetero) is 1. The molecule has 0 saturated carbocycles. The fourth-order valence-electron chi connectivity index (χ4n) is 4.25. The van der Waals surface area contributed by atoms with Gasteiger partial charge in [-0.25, -0.2) is 0 Å². The maximum absolute atomic E-state index is 12.0. The molecule has 3 heteroatoms. The Hall–Kier alpha value is -1.64. The van der Waals surface area contributed by atoms with Crippen molar-refractivity contribution in [2.75, 3.05) is 6.61 Å². The molecule has 0 amide bonds. The Bertz CT molecular complexity index is 567. The van der Waals surface area contributed by atoms with Crippen LogP contribution in [0.3, 0.4) is 0 Å². The molecule has 1 unspecified atom stereocenters. The highest BCUT2D eigenvalue weighted by Crippen LogP contribution is 2.24. The Morgan fingerprint density at radius 1 is 0.645 bits per heavy atom. The van der Waals surface area contributed by atoms with Crippen molar-refractivity contribution in [2.45, 2.75) is 122 Å². The van der Waals surface area contributed by atoms with Crippen molar-refractivity contribution >= 4 is 11.8 Å². The van der Waals surface area contributed by atoms with E-state index in [1.807, 2.05) is 18.2 Å². The highest BCUT2D eigenvalue weighted by molar-refractivity contribution is 5.83. The van der Waals surface area contributed by atoms with E-state index in [4.69, 9.17) is 4.74 Å². The second-order valence-corrected chi connectivity index (χ2v) is 9.01. The van der Waals surface area contributed by atoms with Gasteiger partial charge in [-0.1, -0.05) is 120 Å². The molecule has 0 aliphatic rings. The van der Waals surface area contributed by atoms with Crippen LogP contribution >= 0.6 is 0 Å². The van der Waals surface area contributed by atoms with Gasteiger partial charge in [0.05, 0.1) is 6.61 Å². The standard InChI is InChI=1S/C28H46O3/c1-25(29)28(27-21-17-16-18-22-27)23-19-14-12-10-8-6-4-3-5-7-9-11-13-15-20-24-31-26(2)30/h16-18,21-22,28H,3-15,19-20,23-24H2,1-2H3. The molecule has 3 nitrogen and oxygen atoms in total. The van der Waals surface area contributed by atoms with Gasteiger partial charge in [0, 0.05) is 12.8 Å². The highest BCUT2D eigenvalue weighted by atomic mass is 16.5. The van der Waals surface area contributed by atoms with Gasteiger partial charge in [0.1, 0.15) is 5.78 Å². The van der Waals surface area contributed by atoms with E-state index >= 15 is 0 Å². The van der Waals surface area contributed by atoms with Crippen LogP contribution < -0.4 is 0 Å². The summed E-state index contributed by atoms with van der Waals surface area (Å²) in [6, 6.07) is 10.2. The fourth-order valence-corrected chi connectivity index (χ4v) is 4.25. The third-order valence-corrected chi connectivity index (χ3v) is 6.14. The van der Waals surface area contributed by atoms with Crippen LogP contribution in [0.2, 0.25) is 0 Å². The lowest BCUT2D eigenvalue weighted by atomic mass is 9.90. The minimum atomic E-state index is -0.165. The van der Waals surface area contributed by atoms with Crippen molar-refractivity contribution in [3.05, 3.63) is 35.9 Å². The number of rotatable bonds is 20. The lowest BCUT2D eigenvalue weighted by Crippen LogP contribution is -2.08. The monoisotopic (exact) mass is 430 g/mol. The smallest absolute Gasteiger partial charge is 0.302 e. The van der Waals surface area contributed by atoms with Gasteiger partial charge in [-0.05, 0) is 25.3 Å². The number of ether oxygens (including phenoxy) is 1. The van der Waals surface area contributed by atoms with Crippen molar-refractivity contribution in [2.24, 2.45) is 0 Å². The summed E-state index contributed by atoms with van der Waals surface area (Å²) in [5.41, 5.74) is 1.18. The molecule has 0 aromatic heterocycles. The largest absolute Gasteiger partial charge is 0.466 e. The SMILES string of the molecule is CC(=O)OCCCCCCCCCCCCCCCCCC(C(C)=O)c1ccccc1. The van der Waals surface area contributed by atoms with Crippen LogP contribution in [0.15, 0.2) is 30.3 Å². The van der Waals surface area contributed by atoms with Crippen LogP contribution in [-0.4, -0.2) is 18.4 Å². The highest BCUT2D eigenvalue weighted by Gasteiger charge is 2.15. The van der Waals surface area contributed by atoms with Crippen LogP contribution in [0.25, 0.3) is 0 Å². The molecule has 0 aliphatic heterocycles. The van der Waals surface area contributed by atoms with Crippen molar-refractivity contribution < 1.29 is 14.3 Å². The van der Waals surface area contributed by atoms with Crippen LogP contribution in [-0.2, 0) is 14.3 Å². The summed E-state index contributed by atoms with van der Waals surface area (Å²) in [5.74, 6) is 0.217. The number of hydrogen-bond donors (Lipinski definition) is 0. The zero-order valence-electron chi connectivity index (χ0n) is 20.2. The molecule has 31 heavy (non-hydrogen) atoms. The van der Waals surface area contributed by atoms with Crippen LogP contribution in [0.5, 0.6) is 0 Å². The van der Waals surface area contributed by atoms with Gasteiger partial charge in [-0.2, -0.15) is 0 Å². The predicted molar refractivity (Wildman–Crippen MR) is 130 cm³/mol. The van der Waals surface area contributed by atoms with Gasteiger partial charge >= 0.3 is 5.97 Å². The minimum absolute atomic E-state index is 0.0851. The average Bonchev–Trinajstić information content (AvgIpc) is 2.75. The summed E-state index contributed by atoms with van der Waals surface area (Å²) in [6.07, 6.45) is 20.4. The van der Waals surface area contributed by atoms with Crippen molar-refractivity contribution in [1.29, 1.82) is 0 Å². The Morgan fingerprint density at radius 2 is 1.06 bits per heavy atom. The number of esters is 1. The van der Waals surface area contributed by atoms with E-state index in [1.165, 1.54) is 96.0 Å². The molecular formula is C28H46O3. The normalized spacial score (nSPS) is 11.9. The van der Waals surface area contributed by atoms with Crippen LogP contribution in [0.4, 0.5) is 0 Å². The molecule has 0 heterocycles. The van der Waals surface area contributed by atoms with E-state index in [2.05, 4.69) is 12.1 Å². The second-order valence-electron chi connectivity index (χ2n) is 9.01. The lowest BCUT2D eigenvalue weighted by Gasteiger charge is -2.14. The van der Waals surface area contributed by atoms with E-state index < -0.39 is 0 Å². The molecule has 0 N–H and O–H groups in total. The number of benzene rings is 1. The molecule has 1 aromatic rings. The van der Waals surface area contributed by atoms with Gasteiger partial charge in [0.2, 0.25) is 0 Å². The number of ketones is 1. The predicted octanol–water partition coefficient (Wildman–Crippen LogP) is 8.16. The molecule has 0 saturated heterocycles. The lowest BCUT2D eigenvalue weighted by molar-refractivity contribution is -0.141. The maximum atomic E-state index is 12.0. The Morgan fingerprint density at radius 3 is 1.48 bits per heavy atom. The number of carbonyl (C=O) groups is 2. The third-order valence-electron chi connectivity index (χ3n) is 6.14. The molecule has 1 atom stereocenters. The van der Waals surface area contributed by atoms with Crippen LogP contribution in [0, 0.1) is 0 Å². The molecule has 0 bridgehead atoms. The summed E-state index contributed by atoms with van der Waals surface area (Å²) in [5, 5.41) is 0. The van der Waals surface area contributed by atoms with E-state index in [0.29, 0.717) is 12.4 Å². The Balaban J connectivity index is 1.83. The summed E-state index contributed by atoms with van der Waals surface area (Å²) in [7, 11) is 0. The van der Waals surface area contributed by atoms with Gasteiger partial charge in [0.15, 0.2) is 0 Å². The first-order valence-corrected chi connectivity index (χ1v) is 12.8. The van der Waals surface area contributed by atoms with Crippen molar-refractivity contribution in [1.82, 2.24) is 0 Å². The van der Waals surface area contributed by atoms with E-state index in [-0.39, 0.29) is 11.9 Å². The molecule has 0 fully saturated rings. The van der Waals surface area contributed by atoms with E-state index in [9.17, 15) is 9.59 Å². The average molecular weight is 431 g/mol. The van der Waals surface area contributed by atoms with Crippen LogP contribution in [0.1, 0.15) is 128 Å². The molecule has 176 valence electrons. The fraction of sp³-hybridized carbons (Fsp3) is 0.714. The van der Waals surface area contributed by atoms with Gasteiger partial charge in [0.25, 0.3) is 0 Å². The first kappa shape index (κ1) is 27.4. The Labute approximate surface area is 191 Å². The molecule has 1 rings (SSSR count). The van der Waals surface area contributed by atoms with Gasteiger partial charge < -0.3 is 4.74 Å². The van der Waals surface area contributed by atoms with Crippen molar-refractivity contribution in [3.8, 4) is 0 Å². The van der Waals surface area contributed by atoms with Crippen molar-refractivity contribution in [3.63, 3.8) is 0 Å². The summed E-state index contributed by atoms with van der Waals surface area (Å²) >= 11 is 0. The van der Waals surface area contributed by atoms with Gasteiger partial charge in [-0.3, -0.25) is 9.59 Å². The zero-order valence-corrected chi connectivity index (χ0v) is 20.2. The Kier molecular flexibility index (Phi) is 16.9. The summed E-state index contributed by atoms with van der Waals surface area (Å²) in [4.78, 5) is 22.6. The van der Waals surface area contributed by atoms with E-state index in [0.717, 1.165) is 19.3 Å². The maximum Gasteiger partial charge on any atom is 0.302 e. The first-order valence-electron chi connectivity index (χ1n) is 12.8. The molecule has 0 radical (unpaired) electrons. The van der Waals surface area contributed by atoms with Gasteiger partial charge in [-0.15, -0.1) is 0 Å². The first-order chi connectivity index (χ1) is 15.1. The quantitative estimate of drug-likeness (QED) is 0.155. The topological polar surface area (TPSA) is 43.4 Å². The number of unbranched alkanes of at least 4 members (excludes halogenated alkanes) is 14.